The molecule has 2 aromatic heterocycles. The molecule has 1 fully saturated rings. The van der Waals surface area contributed by atoms with E-state index in [0.717, 1.165) is 29.8 Å². The van der Waals surface area contributed by atoms with Gasteiger partial charge >= 0.3 is 0 Å². The summed E-state index contributed by atoms with van der Waals surface area (Å²) >= 11 is 0. The summed E-state index contributed by atoms with van der Waals surface area (Å²) in [4.78, 5) is 24.3. The fourth-order valence-corrected chi connectivity index (χ4v) is 3.82. The van der Waals surface area contributed by atoms with Gasteiger partial charge in [-0.15, -0.1) is 0 Å². The first-order valence-corrected chi connectivity index (χ1v) is 9.90. The van der Waals surface area contributed by atoms with Crippen molar-refractivity contribution in [3.63, 3.8) is 0 Å². The van der Waals surface area contributed by atoms with Crippen LogP contribution in [-0.2, 0) is 12.6 Å². The van der Waals surface area contributed by atoms with Gasteiger partial charge in [0.1, 0.15) is 11.2 Å². The number of fused-ring (bicyclic) bond motifs is 1. The number of rotatable bonds is 4. The summed E-state index contributed by atoms with van der Waals surface area (Å²) in [7, 11) is 1.69. The molecule has 7 heteroatoms. The standard InChI is InChI=1S/C22H27N5O2/c1-22(2,23)16-6-4-15(5-7-16)17-10-18-19(21(29)26(3)13-24-18)20(25-17)27-9-8-14(11-27)12-28/h4-7,10,13-14,28H,8-9,11-12,23H2,1-3H3/t14-/m0/s1. The highest BCUT2D eigenvalue weighted by Gasteiger charge is 2.26. The minimum absolute atomic E-state index is 0.114. The van der Waals surface area contributed by atoms with E-state index in [-0.39, 0.29) is 18.1 Å². The van der Waals surface area contributed by atoms with Crippen LogP contribution in [0.1, 0.15) is 25.8 Å². The molecule has 1 saturated heterocycles. The van der Waals surface area contributed by atoms with Gasteiger partial charge < -0.3 is 20.3 Å². The third kappa shape index (κ3) is 3.63. The van der Waals surface area contributed by atoms with Gasteiger partial charge in [0.2, 0.25) is 0 Å². The number of aliphatic hydroxyl groups is 1. The van der Waals surface area contributed by atoms with Crippen LogP contribution in [0.25, 0.3) is 22.2 Å². The molecule has 4 rings (SSSR count). The minimum Gasteiger partial charge on any atom is -0.396 e. The number of aryl methyl sites for hydroxylation is 1. The molecule has 0 saturated carbocycles. The van der Waals surface area contributed by atoms with Crippen LogP contribution in [0.3, 0.4) is 0 Å². The number of aromatic nitrogens is 3. The maximum atomic E-state index is 12.9. The Balaban J connectivity index is 1.86. The highest BCUT2D eigenvalue weighted by molar-refractivity contribution is 5.91. The maximum absolute atomic E-state index is 12.9. The number of nitrogens with two attached hydrogens (primary N) is 1. The van der Waals surface area contributed by atoms with Crippen LogP contribution in [0.5, 0.6) is 0 Å². The summed E-state index contributed by atoms with van der Waals surface area (Å²) in [5.41, 5.74) is 9.05. The molecule has 3 N–H and O–H groups in total. The van der Waals surface area contributed by atoms with Crippen molar-refractivity contribution in [2.45, 2.75) is 25.8 Å². The molecule has 3 aromatic rings. The van der Waals surface area contributed by atoms with Crippen molar-refractivity contribution in [2.24, 2.45) is 18.7 Å². The van der Waals surface area contributed by atoms with Crippen molar-refractivity contribution < 1.29 is 5.11 Å². The molecule has 0 amide bonds. The van der Waals surface area contributed by atoms with E-state index in [0.29, 0.717) is 23.3 Å². The summed E-state index contributed by atoms with van der Waals surface area (Å²) in [5, 5.41) is 10.1. The van der Waals surface area contributed by atoms with Gasteiger partial charge in [0.05, 0.1) is 17.5 Å². The van der Waals surface area contributed by atoms with Gasteiger partial charge in [0.15, 0.2) is 0 Å². The van der Waals surface area contributed by atoms with Crippen LogP contribution in [0.4, 0.5) is 5.82 Å². The normalized spacial score (nSPS) is 17.3. The lowest BCUT2D eigenvalue weighted by atomic mass is 9.94. The highest BCUT2D eigenvalue weighted by Crippen LogP contribution is 2.31. The zero-order chi connectivity index (χ0) is 20.8. The summed E-state index contributed by atoms with van der Waals surface area (Å²) in [6.45, 7) is 5.52. The van der Waals surface area contributed by atoms with Gasteiger partial charge in [0.25, 0.3) is 5.56 Å². The first-order valence-electron chi connectivity index (χ1n) is 9.90. The molecule has 0 aliphatic carbocycles. The number of pyridine rings is 1. The van der Waals surface area contributed by atoms with Crippen LogP contribution in [0.2, 0.25) is 0 Å². The average Bonchev–Trinajstić information content (AvgIpc) is 3.19. The quantitative estimate of drug-likeness (QED) is 0.704. The second-order valence-electron chi connectivity index (χ2n) is 8.47. The van der Waals surface area contributed by atoms with Crippen molar-refractivity contribution >= 4 is 16.7 Å². The zero-order valence-corrected chi connectivity index (χ0v) is 17.1. The van der Waals surface area contributed by atoms with E-state index in [1.54, 1.807) is 13.4 Å². The number of benzene rings is 1. The third-order valence-corrected chi connectivity index (χ3v) is 5.65. The van der Waals surface area contributed by atoms with E-state index in [9.17, 15) is 9.90 Å². The molecule has 7 nitrogen and oxygen atoms in total. The van der Waals surface area contributed by atoms with Gasteiger partial charge in [-0.25, -0.2) is 9.97 Å². The average molecular weight is 393 g/mol. The van der Waals surface area contributed by atoms with Gasteiger partial charge in [-0.05, 0) is 31.9 Å². The second kappa shape index (κ2) is 7.24. The lowest BCUT2D eigenvalue weighted by Crippen LogP contribution is -2.28. The molecule has 0 bridgehead atoms. The number of nitrogens with zero attached hydrogens (tertiary/aromatic N) is 4. The molecular formula is C22H27N5O2. The number of hydrogen-bond donors (Lipinski definition) is 2. The summed E-state index contributed by atoms with van der Waals surface area (Å²) in [6.07, 6.45) is 2.42. The van der Waals surface area contributed by atoms with Crippen molar-refractivity contribution in [1.82, 2.24) is 14.5 Å². The topological polar surface area (TPSA) is 97.3 Å². The van der Waals surface area contributed by atoms with Crippen molar-refractivity contribution in [3.8, 4) is 11.3 Å². The number of anilines is 1. The van der Waals surface area contributed by atoms with Crippen molar-refractivity contribution in [1.29, 1.82) is 0 Å². The molecule has 0 radical (unpaired) electrons. The maximum Gasteiger partial charge on any atom is 0.264 e. The molecule has 1 atom stereocenters. The highest BCUT2D eigenvalue weighted by atomic mass is 16.3. The van der Waals surface area contributed by atoms with Gasteiger partial charge in [-0.1, -0.05) is 24.3 Å². The molecule has 152 valence electrons. The Morgan fingerprint density at radius 2 is 2.00 bits per heavy atom. The molecule has 0 unspecified atom stereocenters. The van der Waals surface area contributed by atoms with Crippen molar-refractivity contribution in [3.05, 3.63) is 52.6 Å². The van der Waals surface area contributed by atoms with Crippen LogP contribution in [0.15, 0.2) is 41.5 Å². The summed E-state index contributed by atoms with van der Waals surface area (Å²) in [5.74, 6) is 0.840. The monoisotopic (exact) mass is 393 g/mol. The van der Waals surface area contributed by atoms with Gasteiger partial charge in [-0.2, -0.15) is 0 Å². The smallest absolute Gasteiger partial charge is 0.264 e. The van der Waals surface area contributed by atoms with Crippen LogP contribution in [-0.4, -0.2) is 39.3 Å². The predicted octanol–water partition coefficient (Wildman–Crippen LogP) is 2.01. The Morgan fingerprint density at radius 1 is 1.28 bits per heavy atom. The fourth-order valence-electron chi connectivity index (χ4n) is 3.82. The molecule has 0 spiro atoms. The van der Waals surface area contributed by atoms with E-state index in [2.05, 4.69) is 9.88 Å². The number of hydrogen-bond acceptors (Lipinski definition) is 6. The van der Waals surface area contributed by atoms with Crippen LogP contribution >= 0.6 is 0 Å². The Labute approximate surface area is 169 Å². The van der Waals surface area contributed by atoms with Crippen LogP contribution < -0.4 is 16.2 Å². The number of aliphatic hydroxyl groups excluding tert-OH is 1. The third-order valence-electron chi connectivity index (χ3n) is 5.65. The zero-order valence-electron chi connectivity index (χ0n) is 17.1. The fraction of sp³-hybridized carbons (Fsp3) is 0.409. The summed E-state index contributed by atoms with van der Waals surface area (Å²) in [6, 6.07) is 9.89. The molecule has 29 heavy (non-hydrogen) atoms. The Bertz CT molecular complexity index is 1100. The van der Waals surface area contributed by atoms with E-state index in [1.807, 2.05) is 44.2 Å². The minimum atomic E-state index is -0.414. The van der Waals surface area contributed by atoms with Crippen LogP contribution in [0, 0.1) is 5.92 Å². The largest absolute Gasteiger partial charge is 0.396 e. The first-order chi connectivity index (χ1) is 13.8. The Hall–Kier alpha value is -2.77. The van der Waals surface area contributed by atoms with Gasteiger partial charge in [0, 0.05) is 43.8 Å². The lowest BCUT2D eigenvalue weighted by molar-refractivity contribution is 0.238. The van der Waals surface area contributed by atoms with Gasteiger partial charge in [-0.3, -0.25) is 4.79 Å². The van der Waals surface area contributed by atoms with Crippen molar-refractivity contribution in [2.75, 3.05) is 24.6 Å². The molecule has 1 aliphatic heterocycles. The summed E-state index contributed by atoms with van der Waals surface area (Å²) < 4.78 is 1.48. The molecule has 1 aliphatic rings. The Kier molecular flexibility index (Phi) is 4.88. The SMILES string of the molecule is Cn1cnc2cc(-c3ccc(C(C)(C)N)cc3)nc(N3CC[C@H](CO)C3)c2c1=O. The molecule has 1 aromatic carbocycles. The van der Waals surface area contributed by atoms with E-state index < -0.39 is 5.54 Å². The van der Waals surface area contributed by atoms with E-state index >= 15 is 0 Å². The molecule has 3 heterocycles. The lowest BCUT2D eigenvalue weighted by Gasteiger charge is -2.21. The Morgan fingerprint density at radius 3 is 2.62 bits per heavy atom. The van der Waals surface area contributed by atoms with E-state index in [1.165, 1.54) is 4.57 Å². The predicted molar refractivity (Wildman–Crippen MR) is 115 cm³/mol. The molecular weight excluding hydrogens is 366 g/mol. The van der Waals surface area contributed by atoms with E-state index in [4.69, 9.17) is 10.7 Å². The second-order valence-corrected chi connectivity index (χ2v) is 8.47. The first kappa shape index (κ1) is 19.5.